The lowest BCUT2D eigenvalue weighted by Crippen LogP contribution is -2.13. The van der Waals surface area contributed by atoms with Gasteiger partial charge in [0.05, 0.1) is 12.5 Å². The largest absolute Gasteiger partial charge is 0.460 e. The molecule has 0 heterocycles. The summed E-state index contributed by atoms with van der Waals surface area (Å²) >= 11 is 0. The van der Waals surface area contributed by atoms with Crippen molar-refractivity contribution in [1.82, 2.24) is 0 Å². The Morgan fingerprint density at radius 2 is 2.06 bits per heavy atom. The number of allylic oxidation sites excluding steroid dienone is 1. The second kappa shape index (κ2) is 4.59. The molecule has 90 valence electrons. The van der Waals surface area contributed by atoms with E-state index in [-0.39, 0.29) is 13.0 Å². The molecule has 1 atom stereocenters. The Balaban J connectivity index is 2.71. The molecule has 6 heteroatoms. The van der Waals surface area contributed by atoms with Crippen LogP contribution in [0, 0.1) is 5.92 Å². The van der Waals surface area contributed by atoms with Crippen molar-refractivity contribution in [3.63, 3.8) is 0 Å². The molecule has 0 saturated heterocycles. The molecule has 0 radical (unpaired) electrons. The van der Waals surface area contributed by atoms with E-state index < -0.39 is 29.5 Å². The number of rotatable bonds is 4. The highest BCUT2D eigenvalue weighted by Gasteiger charge is 2.56. The van der Waals surface area contributed by atoms with Gasteiger partial charge in [-0.2, -0.15) is 0 Å². The number of hydrogen-bond acceptors (Lipinski definition) is 4. The van der Waals surface area contributed by atoms with Gasteiger partial charge in [-0.1, -0.05) is 0 Å². The Labute approximate surface area is 91.2 Å². The van der Waals surface area contributed by atoms with Crippen molar-refractivity contribution >= 4 is 11.9 Å². The number of alkyl halides is 2. The van der Waals surface area contributed by atoms with Crippen LogP contribution in [0.2, 0.25) is 0 Å². The van der Waals surface area contributed by atoms with Gasteiger partial charge in [-0.15, -0.1) is 0 Å². The summed E-state index contributed by atoms with van der Waals surface area (Å²) in [5.74, 6) is -5.97. The van der Waals surface area contributed by atoms with Gasteiger partial charge >= 0.3 is 11.9 Å². The number of ether oxygens (including phenoxy) is 2. The smallest absolute Gasteiger partial charge is 0.374 e. The van der Waals surface area contributed by atoms with Crippen molar-refractivity contribution < 1.29 is 27.8 Å². The molecule has 1 fully saturated rings. The SMILES string of the molecule is CCOC(=O)C(=CC1CC1(F)F)OC(C)=O. The molecule has 0 N–H and O–H groups in total. The minimum Gasteiger partial charge on any atom is -0.460 e. The van der Waals surface area contributed by atoms with E-state index in [9.17, 15) is 18.4 Å². The standard InChI is InChI=1S/C10H12F2O4/c1-3-15-9(14)8(16-6(2)13)4-7-5-10(7,11)12/h4,7H,3,5H2,1-2H3. The Kier molecular flexibility index (Phi) is 3.62. The van der Waals surface area contributed by atoms with Crippen molar-refractivity contribution in [3.8, 4) is 0 Å². The first kappa shape index (κ1) is 12.6. The summed E-state index contributed by atoms with van der Waals surface area (Å²) in [5.41, 5.74) is 0. The molecule has 0 aromatic heterocycles. The third kappa shape index (κ3) is 3.29. The third-order valence-electron chi connectivity index (χ3n) is 1.96. The molecule has 0 aromatic carbocycles. The molecular formula is C10H12F2O4. The predicted octanol–water partition coefficient (Wildman–Crippen LogP) is 1.65. The number of hydrogen-bond donors (Lipinski definition) is 0. The predicted molar refractivity (Wildman–Crippen MR) is 49.5 cm³/mol. The summed E-state index contributed by atoms with van der Waals surface area (Å²) in [6.45, 7) is 2.73. The fourth-order valence-electron chi connectivity index (χ4n) is 1.10. The van der Waals surface area contributed by atoms with Crippen molar-refractivity contribution in [2.75, 3.05) is 6.61 Å². The third-order valence-corrected chi connectivity index (χ3v) is 1.96. The van der Waals surface area contributed by atoms with E-state index in [4.69, 9.17) is 0 Å². The monoisotopic (exact) mass is 234 g/mol. The zero-order valence-corrected chi connectivity index (χ0v) is 8.96. The summed E-state index contributed by atoms with van der Waals surface area (Å²) < 4.78 is 34.3. The molecule has 0 aliphatic heterocycles. The first-order chi connectivity index (χ1) is 7.36. The van der Waals surface area contributed by atoms with E-state index in [1.165, 1.54) is 0 Å². The minimum atomic E-state index is -2.81. The Bertz CT molecular complexity index is 336. The van der Waals surface area contributed by atoms with Crippen LogP contribution in [0.3, 0.4) is 0 Å². The van der Waals surface area contributed by atoms with Crippen LogP contribution >= 0.6 is 0 Å². The molecule has 1 aliphatic carbocycles. The Morgan fingerprint density at radius 1 is 1.50 bits per heavy atom. The molecular weight excluding hydrogens is 222 g/mol. The van der Waals surface area contributed by atoms with Crippen LogP contribution in [0.1, 0.15) is 20.3 Å². The van der Waals surface area contributed by atoms with Gasteiger partial charge in [-0.25, -0.2) is 13.6 Å². The average molecular weight is 234 g/mol. The van der Waals surface area contributed by atoms with Crippen molar-refractivity contribution in [2.45, 2.75) is 26.2 Å². The molecule has 1 saturated carbocycles. The van der Waals surface area contributed by atoms with Crippen molar-refractivity contribution in [2.24, 2.45) is 5.92 Å². The van der Waals surface area contributed by atoms with Gasteiger partial charge in [-0.05, 0) is 13.0 Å². The highest BCUT2D eigenvalue weighted by atomic mass is 19.3. The number of carbonyl (C=O) groups excluding carboxylic acids is 2. The molecule has 16 heavy (non-hydrogen) atoms. The molecule has 1 rings (SSSR count). The van der Waals surface area contributed by atoms with Crippen LogP contribution in [0.15, 0.2) is 11.8 Å². The molecule has 0 spiro atoms. The fourth-order valence-corrected chi connectivity index (χ4v) is 1.10. The molecule has 0 bridgehead atoms. The van der Waals surface area contributed by atoms with E-state index in [1.807, 2.05) is 0 Å². The zero-order valence-electron chi connectivity index (χ0n) is 8.96. The minimum absolute atomic E-state index is 0.0818. The van der Waals surface area contributed by atoms with E-state index in [0.29, 0.717) is 0 Å². The van der Waals surface area contributed by atoms with E-state index in [2.05, 4.69) is 9.47 Å². The maximum Gasteiger partial charge on any atom is 0.374 e. The number of halogens is 2. The van der Waals surface area contributed by atoms with E-state index >= 15 is 0 Å². The quantitative estimate of drug-likeness (QED) is 0.421. The van der Waals surface area contributed by atoms with Crippen molar-refractivity contribution in [3.05, 3.63) is 11.8 Å². The van der Waals surface area contributed by atoms with Gasteiger partial charge in [0.1, 0.15) is 0 Å². The van der Waals surface area contributed by atoms with Crippen LogP contribution in [0.5, 0.6) is 0 Å². The Morgan fingerprint density at radius 3 is 2.44 bits per heavy atom. The average Bonchev–Trinajstić information content (AvgIpc) is 2.72. The maximum atomic E-state index is 12.6. The molecule has 4 nitrogen and oxygen atoms in total. The van der Waals surface area contributed by atoms with Gasteiger partial charge < -0.3 is 9.47 Å². The van der Waals surface area contributed by atoms with Crippen molar-refractivity contribution in [1.29, 1.82) is 0 Å². The van der Waals surface area contributed by atoms with Gasteiger partial charge in [0.15, 0.2) is 0 Å². The van der Waals surface area contributed by atoms with Crippen LogP contribution in [-0.2, 0) is 19.1 Å². The van der Waals surface area contributed by atoms with Crippen LogP contribution in [-0.4, -0.2) is 24.5 Å². The first-order valence-corrected chi connectivity index (χ1v) is 4.82. The summed E-state index contributed by atoms with van der Waals surface area (Å²) in [5, 5.41) is 0. The highest BCUT2D eigenvalue weighted by Crippen LogP contribution is 2.49. The second-order valence-electron chi connectivity index (χ2n) is 3.42. The van der Waals surface area contributed by atoms with Crippen LogP contribution < -0.4 is 0 Å². The lowest BCUT2D eigenvalue weighted by atomic mass is 10.3. The first-order valence-electron chi connectivity index (χ1n) is 4.82. The lowest BCUT2D eigenvalue weighted by Gasteiger charge is -2.05. The van der Waals surface area contributed by atoms with Crippen LogP contribution in [0.4, 0.5) is 8.78 Å². The van der Waals surface area contributed by atoms with Crippen LogP contribution in [0.25, 0.3) is 0 Å². The van der Waals surface area contributed by atoms with Gasteiger partial charge in [0, 0.05) is 13.3 Å². The summed E-state index contributed by atoms with van der Waals surface area (Å²) in [7, 11) is 0. The lowest BCUT2D eigenvalue weighted by molar-refractivity contribution is -0.150. The Hall–Kier alpha value is -1.46. The summed E-state index contributed by atoms with van der Waals surface area (Å²) in [6, 6.07) is 0. The normalized spacial score (nSPS) is 22.5. The van der Waals surface area contributed by atoms with E-state index in [1.54, 1.807) is 6.92 Å². The second-order valence-corrected chi connectivity index (χ2v) is 3.42. The fraction of sp³-hybridized carbons (Fsp3) is 0.600. The molecule has 1 aliphatic rings. The zero-order chi connectivity index (χ0) is 12.3. The summed E-state index contributed by atoms with van der Waals surface area (Å²) in [6.07, 6.45) is 0.608. The highest BCUT2D eigenvalue weighted by molar-refractivity contribution is 5.89. The summed E-state index contributed by atoms with van der Waals surface area (Å²) in [4.78, 5) is 21.9. The molecule has 0 amide bonds. The number of carbonyl (C=O) groups is 2. The van der Waals surface area contributed by atoms with Gasteiger partial charge in [0.25, 0.3) is 5.92 Å². The van der Waals surface area contributed by atoms with Gasteiger partial charge in [0.2, 0.25) is 5.76 Å². The van der Waals surface area contributed by atoms with Gasteiger partial charge in [-0.3, -0.25) is 4.79 Å². The number of esters is 2. The maximum absolute atomic E-state index is 12.6. The molecule has 1 unspecified atom stereocenters. The topological polar surface area (TPSA) is 52.6 Å². The van der Waals surface area contributed by atoms with E-state index in [0.717, 1.165) is 13.0 Å². The molecule has 0 aromatic rings.